The van der Waals surface area contributed by atoms with E-state index in [-0.39, 0.29) is 42.7 Å². The second kappa shape index (κ2) is 11.6. The highest BCUT2D eigenvalue weighted by Gasteiger charge is 2.26. The zero-order valence-electron chi connectivity index (χ0n) is 16.4. The second-order valence-electron chi connectivity index (χ2n) is 7.63. The number of nitrogens with zero attached hydrogens (tertiary/aromatic N) is 2. The molecule has 1 heterocycles. The number of likely N-dealkylation sites (N-methyl/N-ethyl adjacent to an activating group) is 1. The van der Waals surface area contributed by atoms with Gasteiger partial charge in [-0.1, -0.05) is 18.6 Å². The number of nitrogens with one attached hydrogen (secondary N) is 1. The van der Waals surface area contributed by atoms with E-state index in [4.69, 9.17) is 5.73 Å². The number of hydrogen-bond donors (Lipinski definition) is 2. The Bertz CT molecular complexity index is 634. The highest BCUT2D eigenvalue weighted by atomic mass is 35.5. The molecule has 1 saturated carbocycles. The van der Waals surface area contributed by atoms with Crippen LogP contribution in [0.25, 0.3) is 0 Å². The van der Waals surface area contributed by atoms with Crippen molar-refractivity contribution in [2.45, 2.75) is 38.3 Å². The summed E-state index contributed by atoms with van der Waals surface area (Å²) < 4.78 is 0. The molecule has 1 saturated heterocycles. The molecule has 2 fully saturated rings. The summed E-state index contributed by atoms with van der Waals surface area (Å²) in [4.78, 5) is 28.8. The van der Waals surface area contributed by atoms with Crippen LogP contribution in [0.3, 0.4) is 0 Å². The fraction of sp³-hybridized carbons (Fsp3) is 0.600. The Hall–Kier alpha value is -1.34. The minimum Gasteiger partial charge on any atom is -0.352 e. The van der Waals surface area contributed by atoms with E-state index in [1.807, 2.05) is 29.2 Å². The van der Waals surface area contributed by atoms with Gasteiger partial charge in [-0.05, 0) is 43.5 Å². The first kappa shape index (κ1) is 24.7. The van der Waals surface area contributed by atoms with Crippen LogP contribution in [0.4, 0.5) is 0 Å². The van der Waals surface area contributed by atoms with Crippen LogP contribution >= 0.6 is 24.8 Å². The maximum atomic E-state index is 12.5. The number of hydrogen-bond acceptors (Lipinski definition) is 4. The lowest BCUT2D eigenvalue weighted by Crippen LogP contribution is -2.47. The summed E-state index contributed by atoms with van der Waals surface area (Å²) in [5, 5.41) is 2.97. The monoisotopic (exact) mass is 430 g/mol. The van der Waals surface area contributed by atoms with Gasteiger partial charge in [0.15, 0.2) is 0 Å². The molecular weight excluding hydrogens is 399 g/mol. The van der Waals surface area contributed by atoms with Crippen LogP contribution in [0.15, 0.2) is 24.3 Å². The Balaban J connectivity index is 0.00000196. The SMILES string of the molecule is CN1CCN(C(=O)c2ccc(CNC(=O)C[C@@H]3CCC[C@H]3N)cc2)CC1.Cl.Cl. The smallest absolute Gasteiger partial charge is 0.253 e. The third-order valence-corrected chi connectivity index (χ3v) is 5.65. The number of nitrogens with two attached hydrogens (primary N) is 1. The van der Waals surface area contributed by atoms with Gasteiger partial charge >= 0.3 is 0 Å². The van der Waals surface area contributed by atoms with Crippen molar-refractivity contribution in [2.75, 3.05) is 33.2 Å². The zero-order valence-corrected chi connectivity index (χ0v) is 18.1. The van der Waals surface area contributed by atoms with Gasteiger partial charge in [0.05, 0.1) is 0 Å². The molecule has 0 unspecified atom stereocenters. The summed E-state index contributed by atoms with van der Waals surface area (Å²) in [6.07, 6.45) is 3.72. The number of rotatable bonds is 5. The predicted octanol–water partition coefficient (Wildman–Crippen LogP) is 2.05. The summed E-state index contributed by atoms with van der Waals surface area (Å²) in [6.45, 7) is 3.87. The lowest BCUT2D eigenvalue weighted by Gasteiger charge is -2.32. The Labute approximate surface area is 180 Å². The van der Waals surface area contributed by atoms with Crippen LogP contribution in [0.2, 0.25) is 0 Å². The highest BCUT2D eigenvalue weighted by Crippen LogP contribution is 2.26. The van der Waals surface area contributed by atoms with Gasteiger partial charge in [-0.15, -0.1) is 24.8 Å². The highest BCUT2D eigenvalue weighted by molar-refractivity contribution is 5.94. The summed E-state index contributed by atoms with van der Waals surface area (Å²) in [5.41, 5.74) is 7.74. The zero-order chi connectivity index (χ0) is 18.5. The number of benzene rings is 1. The van der Waals surface area contributed by atoms with Crippen molar-refractivity contribution in [2.24, 2.45) is 11.7 Å². The van der Waals surface area contributed by atoms with E-state index < -0.39 is 0 Å². The molecule has 28 heavy (non-hydrogen) atoms. The first-order valence-electron chi connectivity index (χ1n) is 9.62. The molecule has 2 aliphatic rings. The molecule has 0 bridgehead atoms. The maximum absolute atomic E-state index is 12.5. The predicted molar refractivity (Wildman–Crippen MR) is 116 cm³/mol. The van der Waals surface area contributed by atoms with E-state index >= 15 is 0 Å². The van der Waals surface area contributed by atoms with Crippen LogP contribution < -0.4 is 11.1 Å². The molecule has 158 valence electrons. The van der Waals surface area contributed by atoms with Gasteiger partial charge in [0.2, 0.25) is 5.91 Å². The molecule has 1 aliphatic carbocycles. The minimum absolute atomic E-state index is 0. The molecule has 1 aromatic rings. The molecule has 0 aromatic heterocycles. The fourth-order valence-electron chi connectivity index (χ4n) is 3.79. The molecule has 0 radical (unpaired) electrons. The van der Waals surface area contributed by atoms with Crippen molar-refractivity contribution >= 4 is 36.6 Å². The van der Waals surface area contributed by atoms with E-state index in [9.17, 15) is 9.59 Å². The van der Waals surface area contributed by atoms with Gasteiger partial charge in [-0.2, -0.15) is 0 Å². The van der Waals surface area contributed by atoms with Crippen molar-refractivity contribution in [3.63, 3.8) is 0 Å². The minimum atomic E-state index is 0. The van der Waals surface area contributed by atoms with Crippen molar-refractivity contribution in [3.05, 3.63) is 35.4 Å². The van der Waals surface area contributed by atoms with Crippen LogP contribution in [0, 0.1) is 5.92 Å². The standard InChI is InChI=1S/C20H30N4O2.2ClH/c1-23-9-11-24(12-10-23)20(26)16-7-5-15(6-8-16)14-22-19(25)13-17-3-2-4-18(17)21;;/h5-8,17-18H,2-4,9-14,21H2,1H3,(H,22,25);2*1H/t17-,18+;;/m0../s1. The molecule has 2 amide bonds. The van der Waals surface area contributed by atoms with Gasteiger partial charge in [-0.25, -0.2) is 0 Å². The lowest BCUT2D eigenvalue weighted by atomic mass is 10.00. The average molecular weight is 431 g/mol. The van der Waals surface area contributed by atoms with Crippen molar-refractivity contribution in [1.82, 2.24) is 15.1 Å². The van der Waals surface area contributed by atoms with Crippen LogP contribution in [0.1, 0.15) is 41.6 Å². The number of amides is 2. The van der Waals surface area contributed by atoms with Gasteiger partial charge < -0.3 is 20.9 Å². The number of carbonyl (C=O) groups excluding carboxylic acids is 2. The topological polar surface area (TPSA) is 78.7 Å². The molecule has 1 aromatic carbocycles. The van der Waals surface area contributed by atoms with E-state index in [0.29, 0.717) is 24.4 Å². The fourth-order valence-corrected chi connectivity index (χ4v) is 3.79. The Morgan fingerprint density at radius 2 is 1.71 bits per heavy atom. The first-order chi connectivity index (χ1) is 12.5. The van der Waals surface area contributed by atoms with Crippen LogP contribution in [-0.4, -0.2) is 60.9 Å². The van der Waals surface area contributed by atoms with Crippen molar-refractivity contribution < 1.29 is 9.59 Å². The summed E-state index contributed by atoms with van der Waals surface area (Å²) in [5.74, 6) is 0.465. The third kappa shape index (κ3) is 6.62. The second-order valence-corrected chi connectivity index (χ2v) is 7.63. The average Bonchev–Trinajstić information content (AvgIpc) is 3.05. The number of halogens is 2. The molecule has 3 rings (SSSR count). The number of carbonyl (C=O) groups is 2. The summed E-state index contributed by atoms with van der Waals surface area (Å²) in [6, 6.07) is 7.72. The largest absolute Gasteiger partial charge is 0.352 e. The normalized spacial score (nSPS) is 22.1. The van der Waals surface area contributed by atoms with Crippen molar-refractivity contribution in [1.29, 1.82) is 0 Å². The summed E-state index contributed by atoms with van der Waals surface area (Å²) >= 11 is 0. The summed E-state index contributed by atoms with van der Waals surface area (Å²) in [7, 11) is 2.07. The van der Waals surface area contributed by atoms with E-state index in [1.165, 1.54) is 0 Å². The van der Waals surface area contributed by atoms with Crippen LogP contribution in [-0.2, 0) is 11.3 Å². The van der Waals surface area contributed by atoms with Crippen LogP contribution in [0.5, 0.6) is 0 Å². The van der Waals surface area contributed by atoms with Crippen molar-refractivity contribution in [3.8, 4) is 0 Å². The quantitative estimate of drug-likeness (QED) is 0.748. The van der Waals surface area contributed by atoms with E-state index in [2.05, 4.69) is 17.3 Å². The number of piperazine rings is 1. The van der Waals surface area contributed by atoms with Gasteiger partial charge in [0, 0.05) is 50.7 Å². The van der Waals surface area contributed by atoms with E-state index in [0.717, 1.165) is 51.0 Å². The molecule has 3 N–H and O–H groups in total. The third-order valence-electron chi connectivity index (χ3n) is 5.65. The molecule has 2 atom stereocenters. The van der Waals surface area contributed by atoms with E-state index in [1.54, 1.807) is 0 Å². The Morgan fingerprint density at radius 3 is 2.29 bits per heavy atom. The molecule has 1 aliphatic heterocycles. The Kier molecular flexibility index (Phi) is 10.2. The van der Waals surface area contributed by atoms with Gasteiger partial charge in [0.25, 0.3) is 5.91 Å². The maximum Gasteiger partial charge on any atom is 0.253 e. The van der Waals surface area contributed by atoms with Gasteiger partial charge in [0.1, 0.15) is 0 Å². The first-order valence-corrected chi connectivity index (χ1v) is 9.62. The molecular formula is C20H32Cl2N4O2. The molecule has 0 spiro atoms. The van der Waals surface area contributed by atoms with Gasteiger partial charge in [-0.3, -0.25) is 9.59 Å². The molecule has 6 nitrogen and oxygen atoms in total. The molecule has 8 heteroatoms. The lowest BCUT2D eigenvalue weighted by molar-refractivity contribution is -0.122. The Morgan fingerprint density at radius 1 is 1.07 bits per heavy atom.